The molecule has 2 aromatic rings. The zero-order valence-electron chi connectivity index (χ0n) is 14.9. The van der Waals surface area contributed by atoms with Gasteiger partial charge in [0, 0.05) is 13.1 Å². The van der Waals surface area contributed by atoms with Gasteiger partial charge in [0.25, 0.3) is 5.91 Å². The van der Waals surface area contributed by atoms with Crippen LogP contribution in [0.15, 0.2) is 54.6 Å². The SMILES string of the molecule is CC(C(=O)N(O)CN1CCOCC1)c1cccc(Oc2ccccc2)c1. The van der Waals surface area contributed by atoms with E-state index in [4.69, 9.17) is 9.47 Å². The second kappa shape index (κ2) is 8.80. The predicted molar refractivity (Wildman–Crippen MR) is 97.3 cm³/mol. The zero-order valence-corrected chi connectivity index (χ0v) is 14.9. The number of hydrogen-bond acceptors (Lipinski definition) is 5. The molecule has 1 atom stereocenters. The fourth-order valence-electron chi connectivity index (χ4n) is 2.84. The Balaban J connectivity index is 1.63. The van der Waals surface area contributed by atoms with Gasteiger partial charge in [-0.25, -0.2) is 5.06 Å². The van der Waals surface area contributed by atoms with Gasteiger partial charge in [-0.2, -0.15) is 0 Å². The summed E-state index contributed by atoms with van der Waals surface area (Å²) >= 11 is 0. The van der Waals surface area contributed by atoms with Gasteiger partial charge in [0.2, 0.25) is 0 Å². The first kappa shape index (κ1) is 18.4. The van der Waals surface area contributed by atoms with E-state index < -0.39 is 5.92 Å². The van der Waals surface area contributed by atoms with Crippen molar-refractivity contribution >= 4 is 5.91 Å². The van der Waals surface area contributed by atoms with Crippen LogP contribution in [0.1, 0.15) is 18.4 Å². The number of hydroxylamine groups is 2. The number of nitrogens with zero attached hydrogens (tertiary/aromatic N) is 2. The number of rotatable bonds is 6. The molecule has 6 heteroatoms. The van der Waals surface area contributed by atoms with Crippen molar-refractivity contribution in [1.29, 1.82) is 0 Å². The van der Waals surface area contributed by atoms with Crippen molar-refractivity contribution in [3.63, 3.8) is 0 Å². The van der Waals surface area contributed by atoms with Gasteiger partial charge in [-0.15, -0.1) is 0 Å². The predicted octanol–water partition coefficient (Wildman–Crippen LogP) is 3.09. The lowest BCUT2D eigenvalue weighted by molar-refractivity contribution is -0.178. The average molecular weight is 356 g/mol. The van der Waals surface area contributed by atoms with E-state index in [1.54, 1.807) is 6.92 Å². The highest BCUT2D eigenvalue weighted by Crippen LogP contribution is 2.26. The summed E-state index contributed by atoms with van der Waals surface area (Å²) in [5.74, 6) is 0.583. The summed E-state index contributed by atoms with van der Waals surface area (Å²) in [5.41, 5.74) is 0.796. The summed E-state index contributed by atoms with van der Waals surface area (Å²) in [6.45, 7) is 4.63. The first-order valence-corrected chi connectivity index (χ1v) is 8.76. The standard InChI is InChI=1S/C20H24N2O4/c1-16(20(23)22(24)15-21-10-12-25-13-11-21)17-6-5-9-19(14-17)26-18-7-3-2-4-8-18/h2-9,14,16,24H,10-13,15H2,1H3. The van der Waals surface area contributed by atoms with Crippen LogP contribution in [0.5, 0.6) is 11.5 Å². The molecule has 1 fully saturated rings. The lowest BCUT2D eigenvalue weighted by Crippen LogP contribution is -2.45. The second-order valence-electron chi connectivity index (χ2n) is 6.32. The molecule has 0 radical (unpaired) electrons. The van der Waals surface area contributed by atoms with Gasteiger partial charge < -0.3 is 9.47 Å². The van der Waals surface area contributed by atoms with E-state index in [2.05, 4.69) is 0 Å². The van der Waals surface area contributed by atoms with Crippen LogP contribution in [0, 0.1) is 0 Å². The van der Waals surface area contributed by atoms with E-state index in [1.807, 2.05) is 59.5 Å². The highest BCUT2D eigenvalue weighted by molar-refractivity contribution is 5.82. The van der Waals surface area contributed by atoms with Crippen LogP contribution in [0.2, 0.25) is 0 Å². The number of carbonyl (C=O) groups excluding carboxylic acids is 1. The molecule has 1 saturated heterocycles. The summed E-state index contributed by atoms with van der Waals surface area (Å²) in [6.07, 6.45) is 0. The molecule has 1 amide bonds. The summed E-state index contributed by atoms with van der Waals surface area (Å²) in [4.78, 5) is 14.6. The van der Waals surface area contributed by atoms with Crippen LogP contribution in [0.25, 0.3) is 0 Å². The Labute approximate surface area is 153 Å². The smallest absolute Gasteiger partial charge is 0.254 e. The number of morpholine rings is 1. The Morgan fingerprint density at radius 1 is 1.15 bits per heavy atom. The largest absolute Gasteiger partial charge is 0.457 e. The van der Waals surface area contributed by atoms with Crippen molar-refractivity contribution in [1.82, 2.24) is 9.96 Å². The molecule has 2 aromatic carbocycles. The van der Waals surface area contributed by atoms with Crippen molar-refractivity contribution in [3.8, 4) is 11.5 Å². The fourth-order valence-corrected chi connectivity index (χ4v) is 2.84. The number of benzene rings is 2. The highest BCUT2D eigenvalue weighted by atomic mass is 16.5. The average Bonchev–Trinajstić information content (AvgIpc) is 2.68. The molecule has 0 aliphatic carbocycles. The Kier molecular flexibility index (Phi) is 6.22. The summed E-state index contributed by atoms with van der Waals surface area (Å²) in [6, 6.07) is 16.9. The molecule has 1 heterocycles. The van der Waals surface area contributed by atoms with E-state index in [0.29, 0.717) is 32.1 Å². The minimum absolute atomic E-state index is 0.187. The van der Waals surface area contributed by atoms with Crippen LogP contribution >= 0.6 is 0 Å². The Hall–Kier alpha value is -2.41. The molecule has 1 unspecified atom stereocenters. The van der Waals surface area contributed by atoms with Gasteiger partial charge in [-0.1, -0.05) is 30.3 Å². The molecule has 6 nitrogen and oxygen atoms in total. The van der Waals surface area contributed by atoms with Gasteiger partial charge in [0.1, 0.15) is 18.2 Å². The fraction of sp³-hybridized carbons (Fsp3) is 0.350. The van der Waals surface area contributed by atoms with Gasteiger partial charge in [-0.3, -0.25) is 14.9 Å². The van der Waals surface area contributed by atoms with Crippen LogP contribution in [-0.4, -0.2) is 54.0 Å². The lowest BCUT2D eigenvalue weighted by Gasteiger charge is -2.30. The topological polar surface area (TPSA) is 62.2 Å². The first-order valence-electron chi connectivity index (χ1n) is 8.76. The van der Waals surface area contributed by atoms with E-state index in [9.17, 15) is 10.0 Å². The molecule has 26 heavy (non-hydrogen) atoms. The maximum absolute atomic E-state index is 12.6. The molecule has 0 bridgehead atoms. The molecule has 138 valence electrons. The van der Waals surface area contributed by atoms with Crippen molar-refractivity contribution in [2.45, 2.75) is 12.8 Å². The Morgan fingerprint density at radius 2 is 1.85 bits per heavy atom. The third kappa shape index (κ3) is 4.82. The van der Waals surface area contributed by atoms with Gasteiger partial charge in [-0.05, 0) is 36.8 Å². The monoisotopic (exact) mass is 356 g/mol. The quantitative estimate of drug-likeness (QED) is 0.637. The van der Waals surface area contributed by atoms with Crippen LogP contribution in [0.4, 0.5) is 0 Å². The lowest BCUT2D eigenvalue weighted by atomic mass is 10.00. The summed E-state index contributed by atoms with van der Waals surface area (Å²) in [7, 11) is 0. The minimum atomic E-state index is -0.472. The molecule has 0 spiro atoms. The Morgan fingerprint density at radius 3 is 2.58 bits per heavy atom. The zero-order chi connectivity index (χ0) is 18.4. The molecule has 1 aliphatic rings. The van der Waals surface area contributed by atoms with Crippen molar-refractivity contribution < 1.29 is 19.5 Å². The molecule has 1 N–H and O–H groups in total. The van der Waals surface area contributed by atoms with Crippen LogP contribution < -0.4 is 4.74 Å². The maximum Gasteiger partial charge on any atom is 0.254 e. The van der Waals surface area contributed by atoms with Crippen LogP contribution in [0.3, 0.4) is 0 Å². The van der Waals surface area contributed by atoms with Crippen molar-refractivity contribution in [2.24, 2.45) is 0 Å². The van der Waals surface area contributed by atoms with E-state index in [1.165, 1.54) is 0 Å². The summed E-state index contributed by atoms with van der Waals surface area (Å²) < 4.78 is 11.1. The normalized spacial score (nSPS) is 16.1. The molecule has 0 saturated carbocycles. The second-order valence-corrected chi connectivity index (χ2v) is 6.32. The van der Waals surface area contributed by atoms with Crippen LogP contribution in [-0.2, 0) is 9.53 Å². The third-order valence-corrected chi connectivity index (χ3v) is 4.40. The van der Waals surface area contributed by atoms with Gasteiger partial charge in [0.05, 0.1) is 19.1 Å². The number of ether oxygens (including phenoxy) is 2. The number of amides is 1. The van der Waals surface area contributed by atoms with E-state index in [0.717, 1.165) is 16.4 Å². The molecular weight excluding hydrogens is 332 g/mol. The number of para-hydroxylation sites is 1. The Bertz CT molecular complexity index is 717. The third-order valence-electron chi connectivity index (χ3n) is 4.40. The number of carbonyl (C=O) groups is 1. The molecule has 3 rings (SSSR count). The summed E-state index contributed by atoms with van der Waals surface area (Å²) in [5, 5.41) is 11.0. The highest BCUT2D eigenvalue weighted by Gasteiger charge is 2.23. The van der Waals surface area contributed by atoms with Gasteiger partial charge >= 0.3 is 0 Å². The van der Waals surface area contributed by atoms with Crippen molar-refractivity contribution in [3.05, 3.63) is 60.2 Å². The van der Waals surface area contributed by atoms with Crippen molar-refractivity contribution in [2.75, 3.05) is 33.0 Å². The van der Waals surface area contributed by atoms with E-state index in [-0.39, 0.29) is 12.6 Å². The number of hydrogen-bond donors (Lipinski definition) is 1. The molecule has 0 aromatic heterocycles. The van der Waals surface area contributed by atoms with Gasteiger partial charge in [0.15, 0.2) is 0 Å². The molecule has 1 aliphatic heterocycles. The first-order chi connectivity index (χ1) is 12.6. The minimum Gasteiger partial charge on any atom is -0.457 e. The maximum atomic E-state index is 12.6. The van der Waals surface area contributed by atoms with E-state index >= 15 is 0 Å². The molecular formula is C20H24N2O4.